The molecule has 2 aromatic rings. The van der Waals surface area contributed by atoms with Crippen LogP contribution >= 0.6 is 0 Å². The van der Waals surface area contributed by atoms with E-state index < -0.39 is 17.7 Å². The van der Waals surface area contributed by atoms with Crippen molar-refractivity contribution in [1.29, 1.82) is 0 Å². The zero-order valence-corrected chi connectivity index (χ0v) is 10.1. The van der Waals surface area contributed by atoms with Gasteiger partial charge in [0.1, 0.15) is 5.69 Å². The SMILES string of the molecule is CCc1nn(C)cc1-n1cc(C(=O)C(F)(F)F)nn1. The first-order chi connectivity index (χ1) is 8.82. The normalized spacial score (nSPS) is 11.8. The number of hydrogen-bond donors (Lipinski definition) is 0. The van der Waals surface area contributed by atoms with Gasteiger partial charge < -0.3 is 0 Å². The van der Waals surface area contributed by atoms with E-state index in [0.717, 1.165) is 10.9 Å². The van der Waals surface area contributed by atoms with Gasteiger partial charge in [0.15, 0.2) is 5.69 Å². The molecule has 102 valence electrons. The predicted octanol–water partition coefficient (Wildman–Crippen LogP) is 1.31. The van der Waals surface area contributed by atoms with Crippen molar-refractivity contribution in [2.24, 2.45) is 7.05 Å². The van der Waals surface area contributed by atoms with Crippen molar-refractivity contribution in [3.05, 3.63) is 23.8 Å². The van der Waals surface area contributed by atoms with Crippen LogP contribution in [0.1, 0.15) is 23.1 Å². The summed E-state index contributed by atoms with van der Waals surface area (Å²) in [6.07, 6.45) is -1.83. The van der Waals surface area contributed by atoms with Crippen LogP contribution in [0.4, 0.5) is 13.2 Å². The molecular weight excluding hydrogens is 263 g/mol. The predicted molar refractivity (Wildman–Crippen MR) is 57.9 cm³/mol. The van der Waals surface area contributed by atoms with Gasteiger partial charge >= 0.3 is 6.18 Å². The number of halogens is 3. The molecule has 19 heavy (non-hydrogen) atoms. The van der Waals surface area contributed by atoms with Crippen molar-refractivity contribution in [2.75, 3.05) is 0 Å². The Kier molecular flexibility index (Phi) is 3.13. The monoisotopic (exact) mass is 273 g/mol. The summed E-state index contributed by atoms with van der Waals surface area (Å²) in [5.41, 5.74) is 0.413. The van der Waals surface area contributed by atoms with Crippen LogP contribution in [-0.2, 0) is 13.5 Å². The van der Waals surface area contributed by atoms with Gasteiger partial charge in [-0.25, -0.2) is 4.68 Å². The summed E-state index contributed by atoms with van der Waals surface area (Å²) in [6, 6.07) is 0. The van der Waals surface area contributed by atoms with Gasteiger partial charge in [-0.1, -0.05) is 12.1 Å². The van der Waals surface area contributed by atoms with E-state index in [-0.39, 0.29) is 0 Å². The Bertz CT molecular complexity index is 613. The van der Waals surface area contributed by atoms with Gasteiger partial charge in [0, 0.05) is 7.05 Å². The van der Waals surface area contributed by atoms with Crippen LogP contribution in [0, 0.1) is 0 Å². The second-order valence-electron chi connectivity index (χ2n) is 3.86. The van der Waals surface area contributed by atoms with Crippen molar-refractivity contribution in [2.45, 2.75) is 19.5 Å². The molecule has 2 rings (SSSR count). The molecular formula is C10H10F3N5O. The Morgan fingerprint density at radius 2 is 2.05 bits per heavy atom. The molecule has 0 aromatic carbocycles. The standard InChI is InChI=1S/C10H10F3N5O/c1-3-6-8(5-17(2)15-6)18-4-7(14-16-18)9(19)10(11,12)13/h4-5H,3H2,1-2H3. The lowest BCUT2D eigenvalue weighted by Gasteiger charge is -2.00. The van der Waals surface area contributed by atoms with Crippen molar-refractivity contribution < 1.29 is 18.0 Å². The zero-order chi connectivity index (χ0) is 14.2. The first-order valence-electron chi connectivity index (χ1n) is 5.39. The van der Waals surface area contributed by atoms with Gasteiger partial charge in [0.2, 0.25) is 0 Å². The van der Waals surface area contributed by atoms with Crippen LogP contribution in [0.3, 0.4) is 0 Å². The Morgan fingerprint density at radius 3 is 2.63 bits per heavy atom. The largest absolute Gasteiger partial charge is 0.456 e. The highest BCUT2D eigenvalue weighted by Gasteiger charge is 2.41. The summed E-state index contributed by atoms with van der Waals surface area (Å²) in [6.45, 7) is 1.85. The second kappa shape index (κ2) is 4.48. The van der Waals surface area contributed by atoms with Gasteiger partial charge in [0.25, 0.3) is 5.78 Å². The molecule has 2 aromatic heterocycles. The Balaban J connectivity index is 2.38. The summed E-state index contributed by atoms with van der Waals surface area (Å²) in [5, 5.41) is 10.9. The highest BCUT2D eigenvalue weighted by molar-refractivity contribution is 5.98. The molecule has 0 amide bonds. The molecule has 0 fully saturated rings. The van der Waals surface area contributed by atoms with E-state index in [9.17, 15) is 18.0 Å². The van der Waals surface area contributed by atoms with Crippen LogP contribution in [0.15, 0.2) is 12.4 Å². The number of carbonyl (C=O) groups excluding carboxylic acids is 1. The molecule has 0 aliphatic rings. The highest BCUT2D eigenvalue weighted by atomic mass is 19.4. The van der Waals surface area contributed by atoms with Gasteiger partial charge in [-0.2, -0.15) is 18.3 Å². The number of carbonyl (C=O) groups is 1. The number of ketones is 1. The molecule has 0 N–H and O–H groups in total. The van der Waals surface area contributed by atoms with Crippen molar-refractivity contribution in [3.63, 3.8) is 0 Å². The molecule has 0 aliphatic heterocycles. The molecule has 0 spiro atoms. The summed E-state index contributed by atoms with van der Waals surface area (Å²) in [7, 11) is 1.68. The third kappa shape index (κ3) is 2.49. The van der Waals surface area contributed by atoms with Crippen molar-refractivity contribution in [1.82, 2.24) is 24.8 Å². The summed E-state index contributed by atoms with van der Waals surface area (Å²) in [4.78, 5) is 11.0. The quantitative estimate of drug-likeness (QED) is 0.791. The number of hydrogen-bond acceptors (Lipinski definition) is 4. The maximum Gasteiger partial charge on any atom is 0.456 e. The first kappa shape index (κ1) is 13.2. The average molecular weight is 273 g/mol. The highest BCUT2D eigenvalue weighted by Crippen LogP contribution is 2.21. The van der Waals surface area contributed by atoms with E-state index >= 15 is 0 Å². The minimum Gasteiger partial charge on any atom is -0.282 e. The number of aromatic nitrogens is 5. The second-order valence-corrected chi connectivity index (χ2v) is 3.86. The Hall–Kier alpha value is -2.19. The van der Waals surface area contributed by atoms with Gasteiger partial charge in [-0.3, -0.25) is 9.48 Å². The number of rotatable bonds is 3. The number of Topliss-reactive ketones (excluding diaryl/α,β-unsaturated/α-hetero) is 1. The van der Waals surface area contributed by atoms with Crippen molar-refractivity contribution in [3.8, 4) is 5.69 Å². The maximum atomic E-state index is 12.3. The van der Waals surface area contributed by atoms with E-state index in [2.05, 4.69) is 15.4 Å². The zero-order valence-electron chi connectivity index (χ0n) is 10.1. The number of nitrogens with zero attached hydrogens (tertiary/aromatic N) is 5. The Labute approximate surface area is 105 Å². The lowest BCUT2D eigenvalue weighted by Crippen LogP contribution is -2.23. The van der Waals surface area contributed by atoms with E-state index in [1.165, 1.54) is 4.68 Å². The summed E-state index contributed by atoms with van der Waals surface area (Å²) >= 11 is 0. The number of aryl methyl sites for hydroxylation is 2. The summed E-state index contributed by atoms with van der Waals surface area (Å²) in [5.74, 6) is -2.01. The summed E-state index contributed by atoms with van der Waals surface area (Å²) < 4.78 is 39.4. The molecule has 0 saturated heterocycles. The fourth-order valence-corrected chi connectivity index (χ4v) is 1.60. The van der Waals surface area contributed by atoms with E-state index in [4.69, 9.17) is 0 Å². The molecule has 0 radical (unpaired) electrons. The fraction of sp³-hybridized carbons (Fsp3) is 0.400. The first-order valence-corrected chi connectivity index (χ1v) is 5.39. The van der Waals surface area contributed by atoms with Crippen LogP contribution in [-0.4, -0.2) is 36.7 Å². The van der Waals surface area contributed by atoms with Gasteiger partial charge in [-0.05, 0) is 6.42 Å². The van der Waals surface area contributed by atoms with E-state index in [1.54, 1.807) is 13.2 Å². The smallest absolute Gasteiger partial charge is 0.282 e. The topological polar surface area (TPSA) is 65.6 Å². The molecule has 2 heterocycles. The molecule has 0 saturated carbocycles. The molecule has 0 bridgehead atoms. The number of alkyl halides is 3. The van der Waals surface area contributed by atoms with Crippen LogP contribution in [0.25, 0.3) is 5.69 Å². The van der Waals surface area contributed by atoms with Crippen LogP contribution in [0.2, 0.25) is 0 Å². The minimum atomic E-state index is -4.95. The maximum absolute atomic E-state index is 12.3. The van der Waals surface area contributed by atoms with E-state index in [0.29, 0.717) is 17.8 Å². The molecule has 0 unspecified atom stereocenters. The Morgan fingerprint density at radius 1 is 1.37 bits per heavy atom. The van der Waals surface area contributed by atoms with Crippen LogP contribution in [0.5, 0.6) is 0 Å². The minimum absolute atomic E-state index is 0.499. The molecule has 0 atom stereocenters. The van der Waals surface area contributed by atoms with Crippen LogP contribution < -0.4 is 0 Å². The van der Waals surface area contributed by atoms with Crippen molar-refractivity contribution >= 4 is 5.78 Å². The third-order valence-corrected chi connectivity index (χ3v) is 2.45. The van der Waals surface area contributed by atoms with Gasteiger partial charge in [-0.15, -0.1) is 5.10 Å². The lowest BCUT2D eigenvalue weighted by atomic mass is 10.3. The molecule has 0 aliphatic carbocycles. The fourth-order valence-electron chi connectivity index (χ4n) is 1.60. The molecule has 9 heteroatoms. The third-order valence-electron chi connectivity index (χ3n) is 2.45. The average Bonchev–Trinajstić information content (AvgIpc) is 2.92. The van der Waals surface area contributed by atoms with E-state index in [1.807, 2.05) is 6.92 Å². The molecule has 6 nitrogen and oxygen atoms in total. The van der Waals surface area contributed by atoms with Gasteiger partial charge in [0.05, 0.1) is 18.1 Å². The lowest BCUT2D eigenvalue weighted by molar-refractivity contribution is -0.0888.